The highest BCUT2D eigenvalue weighted by atomic mass is 16.7. The van der Waals surface area contributed by atoms with Crippen LogP contribution < -0.4 is 9.47 Å². The summed E-state index contributed by atoms with van der Waals surface area (Å²) in [7, 11) is 0. The summed E-state index contributed by atoms with van der Waals surface area (Å²) >= 11 is 0. The quantitative estimate of drug-likeness (QED) is 0.624. The van der Waals surface area contributed by atoms with Crippen molar-refractivity contribution in [3.8, 4) is 11.5 Å². The molecule has 0 saturated carbocycles. The SMILES string of the molecule is CCOC1Oc2cc(C)ccc2C=C1c1ccc(OC(C)=O)cc1. The van der Waals surface area contributed by atoms with E-state index in [0.29, 0.717) is 12.4 Å². The first-order valence-electron chi connectivity index (χ1n) is 7.96. The highest BCUT2D eigenvalue weighted by Gasteiger charge is 2.24. The Balaban J connectivity index is 1.96. The van der Waals surface area contributed by atoms with Crippen molar-refractivity contribution in [2.45, 2.75) is 27.1 Å². The molecule has 1 aliphatic rings. The molecule has 0 radical (unpaired) electrons. The van der Waals surface area contributed by atoms with E-state index in [4.69, 9.17) is 14.2 Å². The highest BCUT2D eigenvalue weighted by Crippen LogP contribution is 2.36. The molecule has 0 saturated heterocycles. The number of rotatable bonds is 4. The standard InChI is InChI=1S/C20H20O4/c1-4-22-20-18(12-16-6-5-13(2)11-19(16)24-20)15-7-9-17(10-8-15)23-14(3)21/h5-12,20H,4H2,1-3H3. The van der Waals surface area contributed by atoms with Gasteiger partial charge in [-0.1, -0.05) is 24.3 Å². The number of hydrogen-bond donors (Lipinski definition) is 0. The molecule has 0 amide bonds. The van der Waals surface area contributed by atoms with Crippen LogP contribution in [0.2, 0.25) is 0 Å². The van der Waals surface area contributed by atoms with Gasteiger partial charge >= 0.3 is 5.97 Å². The lowest BCUT2D eigenvalue weighted by atomic mass is 9.98. The molecule has 4 heteroatoms. The van der Waals surface area contributed by atoms with Crippen molar-refractivity contribution >= 4 is 17.6 Å². The molecule has 3 rings (SSSR count). The molecule has 0 aromatic heterocycles. The molecule has 0 aliphatic carbocycles. The lowest BCUT2D eigenvalue weighted by molar-refractivity contribution is -0.131. The molecule has 1 heterocycles. The van der Waals surface area contributed by atoms with E-state index >= 15 is 0 Å². The molecule has 1 atom stereocenters. The average molecular weight is 324 g/mol. The van der Waals surface area contributed by atoms with Gasteiger partial charge in [0.15, 0.2) is 0 Å². The first-order chi connectivity index (χ1) is 11.6. The third-order valence-electron chi connectivity index (χ3n) is 3.74. The molecule has 0 bridgehead atoms. The Bertz CT molecular complexity index is 775. The topological polar surface area (TPSA) is 44.8 Å². The first-order valence-corrected chi connectivity index (χ1v) is 7.96. The van der Waals surface area contributed by atoms with Crippen molar-refractivity contribution in [1.29, 1.82) is 0 Å². The molecular weight excluding hydrogens is 304 g/mol. The first kappa shape index (κ1) is 16.3. The van der Waals surface area contributed by atoms with Crippen LogP contribution in [0.4, 0.5) is 0 Å². The van der Waals surface area contributed by atoms with Crippen LogP contribution in [0.1, 0.15) is 30.5 Å². The van der Waals surface area contributed by atoms with Crippen molar-refractivity contribution in [2.75, 3.05) is 6.61 Å². The second kappa shape index (κ2) is 6.89. The molecule has 4 nitrogen and oxygen atoms in total. The van der Waals surface area contributed by atoms with Gasteiger partial charge in [0.2, 0.25) is 6.29 Å². The van der Waals surface area contributed by atoms with Crippen LogP contribution >= 0.6 is 0 Å². The summed E-state index contributed by atoms with van der Waals surface area (Å²) in [5.74, 6) is 1.01. The van der Waals surface area contributed by atoms with Crippen molar-refractivity contribution in [1.82, 2.24) is 0 Å². The number of fused-ring (bicyclic) bond motifs is 1. The fourth-order valence-electron chi connectivity index (χ4n) is 2.65. The van der Waals surface area contributed by atoms with Crippen molar-refractivity contribution in [2.24, 2.45) is 0 Å². The van der Waals surface area contributed by atoms with Gasteiger partial charge in [0, 0.05) is 24.7 Å². The number of aryl methyl sites for hydroxylation is 1. The highest BCUT2D eigenvalue weighted by molar-refractivity contribution is 5.87. The lowest BCUT2D eigenvalue weighted by Crippen LogP contribution is -2.25. The molecule has 0 spiro atoms. The average Bonchev–Trinajstić information content (AvgIpc) is 2.55. The molecule has 1 unspecified atom stereocenters. The number of esters is 1. The Labute approximate surface area is 141 Å². The van der Waals surface area contributed by atoms with Gasteiger partial charge in [0.25, 0.3) is 0 Å². The maximum atomic E-state index is 11.0. The number of carbonyl (C=O) groups excluding carboxylic acids is 1. The molecule has 24 heavy (non-hydrogen) atoms. The van der Waals surface area contributed by atoms with Crippen LogP contribution in [-0.4, -0.2) is 18.9 Å². The zero-order valence-corrected chi connectivity index (χ0v) is 14.0. The Morgan fingerprint density at radius 2 is 1.92 bits per heavy atom. The van der Waals surface area contributed by atoms with Crippen LogP contribution in [0, 0.1) is 6.92 Å². The summed E-state index contributed by atoms with van der Waals surface area (Å²) < 4.78 is 16.9. The Hall–Kier alpha value is -2.59. The monoisotopic (exact) mass is 324 g/mol. The summed E-state index contributed by atoms with van der Waals surface area (Å²) in [6, 6.07) is 13.5. The van der Waals surface area contributed by atoms with E-state index in [1.165, 1.54) is 6.92 Å². The third-order valence-corrected chi connectivity index (χ3v) is 3.74. The fraction of sp³-hybridized carbons (Fsp3) is 0.250. The Kier molecular flexibility index (Phi) is 4.67. The van der Waals surface area contributed by atoms with E-state index in [0.717, 1.165) is 28.0 Å². The lowest BCUT2D eigenvalue weighted by Gasteiger charge is -2.27. The normalized spacial score (nSPS) is 16.0. The maximum Gasteiger partial charge on any atom is 0.308 e. The van der Waals surface area contributed by atoms with E-state index in [-0.39, 0.29) is 5.97 Å². The summed E-state index contributed by atoms with van der Waals surface area (Å²) in [6.07, 6.45) is 1.63. The summed E-state index contributed by atoms with van der Waals surface area (Å²) in [4.78, 5) is 11.0. The molecule has 2 aromatic carbocycles. The smallest absolute Gasteiger partial charge is 0.308 e. The maximum absolute atomic E-state index is 11.0. The van der Waals surface area contributed by atoms with Gasteiger partial charge in [-0.05, 0) is 49.2 Å². The molecule has 0 fully saturated rings. The summed E-state index contributed by atoms with van der Waals surface area (Å²) in [5, 5.41) is 0. The van der Waals surface area contributed by atoms with Crippen LogP contribution in [0.5, 0.6) is 11.5 Å². The van der Waals surface area contributed by atoms with Crippen LogP contribution in [0.25, 0.3) is 11.6 Å². The third kappa shape index (κ3) is 3.49. The molecule has 2 aromatic rings. The van der Waals surface area contributed by atoms with E-state index in [1.54, 1.807) is 12.1 Å². The van der Waals surface area contributed by atoms with E-state index in [9.17, 15) is 4.79 Å². The minimum absolute atomic E-state index is 0.334. The number of hydrogen-bond acceptors (Lipinski definition) is 4. The van der Waals surface area contributed by atoms with Gasteiger partial charge in [0.05, 0.1) is 0 Å². The van der Waals surface area contributed by atoms with E-state index in [1.807, 2.05) is 38.1 Å². The van der Waals surface area contributed by atoms with Gasteiger partial charge in [-0.3, -0.25) is 4.79 Å². The second-order valence-corrected chi connectivity index (χ2v) is 5.66. The Morgan fingerprint density at radius 3 is 2.58 bits per heavy atom. The van der Waals surface area contributed by atoms with Gasteiger partial charge in [-0.15, -0.1) is 0 Å². The zero-order chi connectivity index (χ0) is 17.1. The molecule has 124 valence electrons. The number of ether oxygens (including phenoxy) is 3. The molecule has 0 N–H and O–H groups in total. The van der Waals surface area contributed by atoms with Crippen LogP contribution in [0.15, 0.2) is 42.5 Å². The van der Waals surface area contributed by atoms with Gasteiger partial charge in [-0.2, -0.15) is 0 Å². The molecule has 1 aliphatic heterocycles. The summed E-state index contributed by atoms with van der Waals surface area (Å²) in [5.41, 5.74) is 4.08. The summed E-state index contributed by atoms with van der Waals surface area (Å²) in [6.45, 7) is 5.91. The largest absolute Gasteiger partial charge is 0.460 e. The number of benzene rings is 2. The molecular formula is C20H20O4. The minimum atomic E-state index is -0.455. The van der Waals surface area contributed by atoms with Gasteiger partial charge in [-0.25, -0.2) is 0 Å². The fourth-order valence-corrected chi connectivity index (χ4v) is 2.65. The van der Waals surface area contributed by atoms with Crippen molar-refractivity contribution in [3.05, 3.63) is 59.2 Å². The van der Waals surface area contributed by atoms with Gasteiger partial charge < -0.3 is 14.2 Å². The predicted octanol–water partition coefficient (Wildman–Crippen LogP) is 4.22. The van der Waals surface area contributed by atoms with E-state index in [2.05, 4.69) is 12.1 Å². The van der Waals surface area contributed by atoms with Crippen molar-refractivity contribution in [3.63, 3.8) is 0 Å². The van der Waals surface area contributed by atoms with Gasteiger partial charge in [0.1, 0.15) is 11.5 Å². The van der Waals surface area contributed by atoms with Crippen molar-refractivity contribution < 1.29 is 19.0 Å². The second-order valence-electron chi connectivity index (χ2n) is 5.66. The minimum Gasteiger partial charge on any atom is -0.460 e. The number of carbonyl (C=O) groups is 1. The zero-order valence-electron chi connectivity index (χ0n) is 14.0. The Morgan fingerprint density at radius 1 is 1.17 bits per heavy atom. The van der Waals surface area contributed by atoms with Crippen LogP contribution in [0.3, 0.4) is 0 Å². The predicted molar refractivity (Wildman–Crippen MR) is 92.8 cm³/mol. The van der Waals surface area contributed by atoms with E-state index < -0.39 is 6.29 Å². The van der Waals surface area contributed by atoms with Crippen LogP contribution in [-0.2, 0) is 9.53 Å².